The van der Waals surface area contributed by atoms with Gasteiger partial charge in [0.2, 0.25) is 5.91 Å². The van der Waals surface area contributed by atoms with Crippen LogP contribution in [0.2, 0.25) is 0 Å². The monoisotopic (exact) mass is 243 g/mol. The number of carbonyl (C=O) groups is 1. The van der Waals surface area contributed by atoms with Crippen molar-refractivity contribution in [1.82, 2.24) is 5.32 Å². The van der Waals surface area contributed by atoms with Crippen molar-refractivity contribution in [3.05, 3.63) is 0 Å². The summed E-state index contributed by atoms with van der Waals surface area (Å²) < 4.78 is 5.66. The van der Waals surface area contributed by atoms with E-state index in [1.54, 1.807) is 6.92 Å². The second kappa shape index (κ2) is 5.83. The predicted molar refractivity (Wildman–Crippen MR) is 66.6 cm³/mol. The van der Waals surface area contributed by atoms with Gasteiger partial charge in [0.25, 0.3) is 0 Å². The molecule has 100 valence electrons. The molecule has 2 N–H and O–H groups in total. The Morgan fingerprint density at radius 3 is 2.29 bits per heavy atom. The normalized spacial score (nSPS) is 36.6. The second-order valence-electron chi connectivity index (χ2n) is 5.43. The van der Waals surface area contributed by atoms with Crippen LogP contribution in [0.5, 0.6) is 0 Å². The molecule has 0 aromatic heterocycles. The van der Waals surface area contributed by atoms with Crippen molar-refractivity contribution < 1.29 is 14.6 Å². The van der Waals surface area contributed by atoms with Gasteiger partial charge in [0.1, 0.15) is 0 Å². The van der Waals surface area contributed by atoms with Crippen molar-refractivity contribution in [2.24, 2.45) is 11.8 Å². The number of aliphatic hydroxyl groups is 1. The van der Waals surface area contributed by atoms with Crippen molar-refractivity contribution in [2.75, 3.05) is 0 Å². The lowest BCUT2D eigenvalue weighted by molar-refractivity contribution is -0.127. The van der Waals surface area contributed by atoms with Crippen molar-refractivity contribution >= 4 is 5.91 Å². The molecule has 1 heterocycles. The third-order valence-corrected chi connectivity index (χ3v) is 3.63. The average molecular weight is 243 g/mol. The highest BCUT2D eigenvalue weighted by Crippen LogP contribution is 2.32. The van der Waals surface area contributed by atoms with E-state index in [2.05, 4.69) is 12.2 Å². The molecule has 0 saturated carbocycles. The van der Waals surface area contributed by atoms with Gasteiger partial charge < -0.3 is 15.2 Å². The molecule has 0 aromatic rings. The number of ether oxygens (including phenoxy) is 1. The Bertz CT molecular complexity index is 267. The molecule has 1 amide bonds. The third-order valence-electron chi connectivity index (χ3n) is 3.63. The van der Waals surface area contributed by atoms with E-state index < -0.39 is 0 Å². The molecule has 6 atom stereocenters. The van der Waals surface area contributed by atoms with Gasteiger partial charge >= 0.3 is 0 Å². The first-order chi connectivity index (χ1) is 7.82. The Labute approximate surface area is 104 Å². The summed E-state index contributed by atoms with van der Waals surface area (Å²) in [5.41, 5.74) is 0. The highest BCUT2D eigenvalue weighted by Gasteiger charge is 2.41. The molecule has 17 heavy (non-hydrogen) atoms. The molecule has 6 unspecified atom stereocenters. The summed E-state index contributed by atoms with van der Waals surface area (Å²) in [4.78, 5) is 12.1. The molecule has 1 rings (SSSR count). The van der Waals surface area contributed by atoms with Crippen LogP contribution in [0, 0.1) is 11.8 Å². The van der Waals surface area contributed by atoms with Crippen LogP contribution < -0.4 is 5.32 Å². The summed E-state index contributed by atoms with van der Waals surface area (Å²) in [5, 5.41) is 12.2. The molecular formula is C13H25NO3. The number of amides is 1. The zero-order valence-corrected chi connectivity index (χ0v) is 11.4. The minimum Gasteiger partial charge on any atom is -0.393 e. The second-order valence-corrected chi connectivity index (χ2v) is 5.43. The number of rotatable bonds is 4. The maximum absolute atomic E-state index is 12.1. The van der Waals surface area contributed by atoms with Crippen molar-refractivity contribution in [2.45, 2.75) is 65.4 Å². The number of hydrogen-bond acceptors (Lipinski definition) is 3. The van der Waals surface area contributed by atoms with E-state index >= 15 is 0 Å². The Morgan fingerprint density at radius 1 is 1.29 bits per heavy atom. The smallest absolute Gasteiger partial charge is 0.226 e. The van der Waals surface area contributed by atoms with Crippen molar-refractivity contribution in [3.8, 4) is 0 Å². The molecule has 1 aliphatic rings. The minimum absolute atomic E-state index is 0.00203. The fourth-order valence-electron chi connectivity index (χ4n) is 2.63. The van der Waals surface area contributed by atoms with Crippen molar-refractivity contribution in [1.29, 1.82) is 0 Å². The molecule has 1 fully saturated rings. The minimum atomic E-state index is -0.390. The van der Waals surface area contributed by atoms with Gasteiger partial charge in [-0.2, -0.15) is 0 Å². The number of aliphatic hydroxyl groups excluding tert-OH is 1. The molecule has 0 spiro atoms. The van der Waals surface area contributed by atoms with Crippen LogP contribution in [0.1, 0.15) is 41.0 Å². The quantitative estimate of drug-likeness (QED) is 0.783. The van der Waals surface area contributed by atoms with E-state index in [4.69, 9.17) is 4.74 Å². The Morgan fingerprint density at radius 2 is 1.88 bits per heavy atom. The summed E-state index contributed by atoms with van der Waals surface area (Å²) in [6.45, 7) is 9.66. The van der Waals surface area contributed by atoms with Crippen LogP contribution in [-0.2, 0) is 9.53 Å². The SMILES string of the molecule is CC(O)CC(C)NC(=O)C1C(C)OC(C)C1C. The first kappa shape index (κ1) is 14.5. The van der Waals surface area contributed by atoms with E-state index in [0.29, 0.717) is 6.42 Å². The predicted octanol–water partition coefficient (Wildman–Crippen LogP) is 1.32. The molecule has 4 heteroatoms. The van der Waals surface area contributed by atoms with E-state index in [9.17, 15) is 9.90 Å². The van der Waals surface area contributed by atoms with Gasteiger partial charge in [-0.1, -0.05) is 6.92 Å². The molecule has 0 bridgehead atoms. The molecular weight excluding hydrogens is 218 g/mol. The first-order valence-electron chi connectivity index (χ1n) is 6.46. The average Bonchev–Trinajstić information content (AvgIpc) is 2.39. The zero-order chi connectivity index (χ0) is 13.2. The standard InChI is InChI=1S/C13H25NO3/c1-7(6-8(2)15)14-13(16)12-9(3)10(4)17-11(12)5/h7-12,15H,6H2,1-5H3,(H,14,16). The summed E-state index contributed by atoms with van der Waals surface area (Å²) in [7, 11) is 0. The highest BCUT2D eigenvalue weighted by atomic mass is 16.5. The largest absolute Gasteiger partial charge is 0.393 e. The van der Waals surface area contributed by atoms with Gasteiger partial charge in [0, 0.05) is 6.04 Å². The molecule has 1 saturated heterocycles. The fourth-order valence-corrected chi connectivity index (χ4v) is 2.63. The lowest BCUT2D eigenvalue weighted by Gasteiger charge is -2.22. The molecule has 1 aliphatic heterocycles. The maximum Gasteiger partial charge on any atom is 0.226 e. The van der Waals surface area contributed by atoms with Crippen LogP contribution in [0.25, 0.3) is 0 Å². The summed E-state index contributed by atoms with van der Waals surface area (Å²) in [5.74, 6) is 0.202. The van der Waals surface area contributed by atoms with E-state index in [1.165, 1.54) is 0 Å². The number of nitrogens with one attached hydrogen (secondary N) is 1. The lowest BCUT2D eigenvalue weighted by atomic mass is 9.88. The van der Waals surface area contributed by atoms with Crippen LogP contribution in [-0.4, -0.2) is 35.4 Å². The van der Waals surface area contributed by atoms with Gasteiger partial charge in [0.05, 0.1) is 24.2 Å². The highest BCUT2D eigenvalue weighted by molar-refractivity contribution is 5.80. The Balaban J connectivity index is 2.52. The summed E-state index contributed by atoms with van der Waals surface area (Å²) in [6.07, 6.45) is 0.294. The summed E-state index contributed by atoms with van der Waals surface area (Å²) >= 11 is 0. The topological polar surface area (TPSA) is 58.6 Å². The molecule has 0 aromatic carbocycles. The van der Waals surface area contributed by atoms with Crippen LogP contribution in [0.3, 0.4) is 0 Å². The van der Waals surface area contributed by atoms with E-state index in [1.807, 2.05) is 20.8 Å². The number of hydrogen-bond donors (Lipinski definition) is 2. The van der Waals surface area contributed by atoms with Crippen LogP contribution >= 0.6 is 0 Å². The Hall–Kier alpha value is -0.610. The van der Waals surface area contributed by atoms with Gasteiger partial charge in [-0.25, -0.2) is 0 Å². The van der Waals surface area contributed by atoms with Crippen LogP contribution in [0.15, 0.2) is 0 Å². The molecule has 0 aliphatic carbocycles. The maximum atomic E-state index is 12.1. The molecule has 4 nitrogen and oxygen atoms in total. The van der Waals surface area contributed by atoms with Crippen LogP contribution in [0.4, 0.5) is 0 Å². The van der Waals surface area contributed by atoms with E-state index in [0.717, 1.165) is 0 Å². The van der Waals surface area contributed by atoms with Gasteiger partial charge in [-0.3, -0.25) is 4.79 Å². The lowest BCUT2D eigenvalue weighted by Crippen LogP contribution is -2.42. The zero-order valence-electron chi connectivity index (χ0n) is 11.4. The first-order valence-corrected chi connectivity index (χ1v) is 6.46. The van der Waals surface area contributed by atoms with Gasteiger partial charge in [-0.05, 0) is 40.0 Å². The number of carbonyl (C=O) groups excluding carboxylic acids is 1. The Kier molecular flexibility index (Phi) is 4.95. The third kappa shape index (κ3) is 3.68. The van der Waals surface area contributed by atoms with E-state index in [-0.39, 0.29) is 42.1 Å². The summed E-state index contributed by atoms with van der Waals surface area (Å²) in [6, 6.07) is -0.00203. The van der Waals surface area contributed by atoms with Gasteiger partial charge in [-0.15, -0.1) is 0 Å². The van der Waals surface area contributed by atoms with Crippen molar-refractivity contribution in [3.63, 3.8) is 0 Å². The fraction of sp³-hybridized carbons (Fsp3) is 0.923. The van der Waals surface area contributed by atoms with Gasteiger partial charge in [0.15, 0.2) is 0 Å². The molecule has 0 radical (unpaired) electrons.